The number of thiophene rings is 1. The fraction of sp³-hybridized carbons (Fsp3) is 0.429. The molecule has 0 radical (unpaired) electrons. The van der Waals surface area contributed by atoms with Crippen LogP contribution in [0.25, 0.3) is 0 Å². The van der Waals surface area contributed by atoms with Crippen LogP contribution in [0.4, 0.5) is 0 Å². The number of rotatable bonds is 4. The van der Waals surface area contributed by atoms with Gasteiger partial charge in [-0.2, -0.15) is 5.10 Å². The minimum absolute atomic E-state index is 0.00497. The molecule has 2 aromatic heterocycles. The summed E-state index contributed by atoms with van der Waals surface area (Å²) in [6, 6.07) is 5.85. The standard InChI is InChI=1S/C14H17N3O2S/c1-9(12-3-2-8-20-12)14(18)16-10-5-7-19-13(10)11-4-6-15-17-11/h2-4,6,8-10,13H,5,7H2,1H3,(H,15,17)(H,16,18)/t9?,10-,13-/m1/s1. The van der Waals surface area contributed by atoms with Gasteiger partial charge in [0.25, 0.3) is 0 Å². The summed E-state index contributed by atoms with van der Waals surface area (Å²) in [4.78, 5) is 13.4. The predicted molar refractivity (Wildman–Crippen MR) is 76.6 cm³/mol. The molecule has 5 nitrogen and oxygen atoms in total. The predicted octanol–water partition coefficient (Wildman–Crippen LogP) is 2.22. The molecule has 1 aliphatic rings. The second-order valence-corrected chi connectivity index (χ2v) is 5.92. The molecule has 0 aromatic carbocycles. The zero-order valence-corrected chi connectivity index (χ0v) is 12.0. The van der Waals surface area contributed by atoms with Crippen molar-refractivity contribution >= 4 is 17.2 Å². The van der Waals surface area contributed by atoms with Crippen molar-refractivity contribution in [3.05, 3.63) is 40.3 Å². The van der Waals surface area contributed by atoms with Crippen LogP contribution in [0.15, 0.2) is 29.8 Å². The number of ether oxygens (including phenoxy) is 1. The monoisotopic (exact) mass is 291 g/mol. The highest BCUT2D eigenvalue weighted by Crippen LogP contribution is 2.29. The molecular formula is C14H17N3O2S. The molecule has 1 amide bonds. The normalized spacial score (nSPS) is 23.6. The summed E-state index contributed by atoms with van der Waals surface area (Å²) in [7, 11) is 0. The lowest BCUT2D eigenvalue weighted by Crippen LogP contribution is -2.39. The van der Waals surface area contributed by atoms with Crippen LogP contribution >= 0.6 is 11.3 Å². The van der Waals surface area contributed by atoms with Crippen LogP contribution in [0.2, 0.25) is 0 Å². The lowest BCUT2D eigenvalue weighted by molar-refractivity contribution is -0.123. The molecule has 1 unspecified atom stereocenters. The maximum atomic E-state index is 12.3. The quantitative estimate of drug-likeness (QED) is 0.907. The van der Waals surface area contributed by atoms with Crippen LogP contribution < -0.4 is 5.32 Å². The molecule has 0 aliphatic carbocycles. The molecule has 3 rings (SSSR count). The van der Waals surface area contributed by atoms with Gasteiger partial charge < -0.3 is 10.1 Å². The minimum Gasteiger partial charge on any atom is -0.370 e. The first-order chi connectivity index (χ1) is 9.75. The second kappa shape index (κ2) is 5.76. The molecule has 0 bridgehead atoms. The van der Waals surface area contributed by atoms with Crippen LogP contribution in [-0.4, -0.2) is 28.8 Å². The van der Waals surface area contributed by atoms with Crippen molar-refractivity contribution in [1.29, 1.82) is 0 Å². The Kier molecular flexibility index (Phi) is 3.84. The van der Waals surface area contributed by atoms with E-state index in [2.05, 4.69) is 15.5 Å². The first-order valence-electron chi connectivity index (χ1n) is 6.70. The van der Waals surface area contributed by atoms with Gasteiger partial charge >= 0.3 is 0 Å². The second-order valence-electron chi connectivity index (χ2n) is 4.94. The average Bonchev–Trinajstić information content (AvgIpc) is 3.19. The molecule has 3 atom stereocenters. The summed E-state index contributed by atoms with van der Waals surface area (Å²) < 4.78 is 5.70. The minimum atomic E-state index is -0.128. The number of amides is 1. The molecule has 0 saturated carbocycles. The highest BCUT2D eigenvalue weighted by molar-refractivity contribution is 7.10. The number of aromatic amines is 1. The lowest BCUT2D eigenvalue weighted by atomic mass is 10.0. The molecule has 20 heavy (non-hydrogen) atoms. The Balaban J connectivity index is 1.66. The number of carbonyl (C=O) groups excluding carboxylic acids is 1. The van der Waals surface area contributed by atoms with Crippen molar-refractivity contribution < 1.29 is 9.53 Å². The van der Waals surface area contributed by atoms with Gasteiger partial charge in [-0.15, -0.1) is 11.3 Å². The summed E-state index contributed by atoms with van der Waals surface area (Å²) in [5, 5.41) is 11.9. The van der Waals surface area contributed by atoms with E-state index in [1.165, 1.54) is 0 Å². The fourth-order valence-corrected chi connectivity index (χ4v) is 3.23. The fourth-order valence-electron chi connectivity index (χ4n) is 2.44. The van der Waals surface area contributed by atoms with Crippen molar-refractivity contribution in [3.63, 3.8) is 0 Å². The van der Waals surface area contributed by atoms with E-state index in [4.69, 9.17) is 4.74 Å². The largest absolute Gasteiger partial charge is 0.370 e. The maximum Gasteiger partial charge on any atom is 0.228 e. The molecule has 106 valence electrons. The van der Waals surface area contributed by atoms with E-state index in [0.29, 0.717) is 6.61 Å². The number of hydrogen-bond donors (Lipinski definition) is 2. The Morgan fingerprint density at radius 1 is 1.60 bits per heavy atom. The zero-order chi connectivity index (χ0) is 13.9. The molecule has 1 aliphatic heterocycles. The Morgan fingerprint density at radius 2 is 2.50 bits per heavy atom. The number of carbonyl (C=O) groups is 1. The van der Waals surface area contributed by atoms with E-state index < -0.39 is 0 Å². The third-order valence-electron chi connectivity index (χ3n) is 3.61. The summed E-state index contributed by atoms with van der Waals surface area (Å²) in [5.74, 6) is -0.0783. The van der Waals surface area contributed by atoms with Crippen molar-refractivity contribution in [2.24, 2.45) is 0 Å². The Labute approximate surface area is 121 Å². The van der Waals surface area contributed by atoms with Crippen LogP contribution in [-0.2, 0) is 9.53 Å². The third-order valence-corrected chi connectivity index (χ3v) is 4.67. The third kappa shape index (κ3) is 2.62. The molecular weight excluding hydrogens is 274 g/mol. The smallest absolute Gasteiger partial charge is 0.228 e. The number of aromatic nitrogens is 2. The average molecular weight is 291 g/mol. The Bertz CT molecular complexity index is 553. The van der Waals surface area contributed by atoms with Crippen molar-refractivity contribution in [2.75, 3.05) is 6.61 Å². The molecule has 1 fully saturated rings. The molecule has 2 N–H and O–H groups in total. The Morgan fingerprint density at radius 3 is 3.20 bits per heavy atom. The number of hydrogen-bond acceptors (Lipinski definition) is 4. The number of nitrogens with zero attached hydrogens (tertiary/aromatic N) is 1. The summed E-state index contributed by atoms with van der Waals surface area (Å²) in [6.07, 6.45) is 2.40. The number of nitrogens with one attached hydrogen (secondary N) is 2. The van der Waals surface area contributed by atoms with Crippen LogP contribution in [0.1, 0.15) is 35.9 Å². The molecule has 2 aromatic rings. The topological polar surface area (TPSA) is 67.0 Å². The van der Waals surface area contributed by atoms with E-state index in [1.807, 2.05) is 30.5 Å². The first-order valence-corrected chi connectivity index (χ1v) is 7.58. The van der Waals surface area contributed by atoms with Gasteiger partial charge in [0.2, 0.25) is 5.91 Å². The van der Waals surface area contributed by atoms with E-state index in [0.717, 1.165) is 17.0 Å². The van der Waals surface area contributed by atoms with Gasteiger partial charge in [0.1, 0.15) is 6.10 Å². The summed E-state index contributed by atoms with van der Waals surface area (Å²) in [5.41, 5.74) is 0.913. The molecule has 0 spiro atoms. The van der Waals surface area contributed by atoms with Crippen molar-refractivity contribution in [3.8, 4) is 0 Å². The van der Waals surface area contributed by atoms with E-state index >= 15 is 0 Å². The van der Waals surface area contributed by atoms with E-state index in [9.17, 15) is 4.79 Å². The van der Waals surface area contributed by atoms with Crippen LogP contribution in [0, 0.1) is 0 Å². The Hall–Kier alpha value is -1.66. The van der Waals surface area contributed by atoms with Crippen LogP contribution in [0.5, 0.6) is 0 Å². The first kappa shape index (κ1) is 13.3. The van der Waals surface area contributed by atoms with Gasteiger partial charge in [-0.1, -0.05) is 6.07 Å². The van der Waals surface area contributed by atoms with Gasteiger partial charge in [-0.3, -0.25) is 9.89 Å². The van der Waals surface area contributed by atoms with Gasteiger partial charge in [0.05, 0.1) is 17.7 Å². The zero-order valence-electron chi connectivity index (χ0n) is 11.2. The lowest BCUT2D eigenvalue weighted by Gasteiger charge is -2.20. The molecule has 3 heterocycles. The van der Waals surface area contributed by atoms with Gasteiger partial charge in [0.15, 0.2) is 0 Å². The molecule has 1 saturated heterocycles. The highest BCUT2D eigenvalue weighted by Gasteiger charge is 2.33. The summed E-state index contributed by atoms with van der Waals surface area (Å²) in [6.45, 7) is 2.59. The molecule has 6 heteroatoms. The van der Waals surface area contributed by atoms with Crippen molar-refractivity contribution in [2.45, 2.75) is 31.4 Å². The van der Waals surface area contributed by atoms with Gasteiger partial charge in [-0.25, -0.2) is 0 Å². The highest BCUT2D eigenvalue weighted by atomic mass is 32.1. The van der Waals surface area contributed by atoms with E-state index in [-0.39, 0.29) is 24.0 Å². The van der Waals surface area contributed by atoms with Crippen molar-refractivity contribution in [1.82, 2.24) is 15.5 Å². The maximum absolute atomic E-state index is 12.3. The van der Waals surface area contributed by atoms with Gasteiger partial charge in [-0.05, 0) is 30.9 Å². The van der Waals surface area contributed by atoms with Crippen LogP contribution in [0.3, 0.4) is 0 Å². The number of H-pyrrole nitrogens is 1. The SMILES string of the molecule is CC(C(=O)N[C@@H]1CCO[C@H]1c1ccn[nH]1)c1cccs1. The summed E-state index contributed by atoms with van der Waals surface area (Å²) >= 11 is 1.61. The van der Waals surface area contributed by atoms with Gasteiger partial charge in [0, 0.05) is 17.7 Å². The van der Waals surface area contributed by atoms with E-state index in [1.54, 1.807) is 17.5 Å².